The van der Waals surface area contributed by atoms with Crippen molar-refractivity contribution in [1.82, 2.24) is 4.90 Å². The Balaban J connectivity index is 2.26. The van der Waals surface area contributed by atoms with Gasteiger partial charge >= 0.3 is 6.09 Å². The Hall–Kier alpha value is -0.770. The second kappa shape index (κ2) is 7.49. The normalized spacial score (nSPS) is 20.9. The molecule has 0 aliphatic carbocycles. The number of hydrogen-bond donors (Lipinski definition) is 1. The molecule has 0 bridgehead atoms. The first-order valence-electron chi connectivity index (χ1n) is 6.30. The number of amides is 1. The molecule has 0 saturated carbocycles. The molecule has 1 aliphatic rings. The van der Waals surface area contributed by atoms with Gasteiger partial charge in [0.1, 0.15) is 0 Å². The standard InChI is InChI=1S/C12H23NO3/c1-2-3-9-16-12(15)13-7-4-5-11(10-13)6-8-14/h11,14H,2-10H2,1H3. The van der Waals surface area contributed by atoms with Crippen molar-refractivity contribution >= 4 is 6.09 Å². The van der Waals surface area contributed by atoms with E-state index in [4.69, 9.17) is 9.84 Å². The first-order valence-corrected chi connectivity index (χ1v) is 6.30. The number of hydrogen-bond acceptors (Lipinski definition) is 3. The number of aliphatic hydroxyl groups is 1. The van der Waals surface area contributed by atoms with Crippen molar-refractivity contribution in [3.8, 4) is 0 Å². The SMILES string of the molecule is CCCCOC(=O)N1CCCC(CCO)C1. The highest BCUT2D eigenvalue weighted by Gasteiger charge is 2.23. The topological polar surface area (TPSA) is 49.8 Å². The molecule has 1 aliphatic heterocycles. The molecule has 94 valence electrons. The summed E-state index contributed by atoms with van der Waals surface area (Å²) in [5.41, 5.74) is 0. The molecule has 1 heterocycles. The van der Waals surface area contributed by atoms with Gasteiger partial charge in [0.2, 0.25) is 0 Å². The van der Waals surface area contributed by atoms with E-state index in [-0.39, 0.29) is 12.7 Å². The van der Waals surface area contributed by atoms with E-state index in [1.807, 2.05) is 0 Å². The highest BCUT2D eigenvalue weighted by atomic mass is 16.6. The molecular weight excluding hydrogens is 206 g/mol. The van der Waals surface area contributed by atoms with Crippen molar-refractivity contribution in [1.29, 1.82) is 0 Å². The summed E-state index contributed by atoms with van der Waals surface area (Å²) in [7, 11) is 0. The van der Waals surface area contributed by atoms with E-state index < -0.39 is 0 Å². The molecule has 4 nitrogen and oxygen atoms in total. The maximum Gasteiger partial charge on any atom is 0.409 e. The van der Waals surface area contributed by atoms with Crippen molar-refractivity contribution in [2.75, 3.05) is 26.3 Å². The van der Waals surface area contributed by atoms with E-state index in [0.29, 0.717) is 12.5 Å². The fourth-order valence-corrected chi connectivity index (χ4v) is 2.04. The van der Waals surface area contributed by atoms with Gasteiger partial charge < -0.3 is 14.7 Å². The zero-order chi connectivity index (χ0) is 11.8. The largest absolute Gasteiger partial charge is 0.449 e. The van der Waals surface area contributed by atoms with Crippen molar-refractivity contribution in [2.24, 2.45) is 5.92 Å². The number of ether oxygens (including phenoxy) is 1. The van der Waals surface area contributed by atoms with E-state index in [1.54, 1.807) is 4.90 Å². The zero-order valence-corrected chi connectivity index (χ0v) is 10.2. The van der Waals surface area contributed by atoms with Gasteiger partial charge in [-0.15, -0.1) is 0 Å². The predicted octanol–water partition coefficient (Wildman–Crippen LogP) is 2.02. The van der Waals surface area contributed by atoms with Gasteiger partial charge in [-0.2, -0.15) is 0 Å². The fourth-order valence-electron chi connectivity index (χ4n) is 2.04. The van der Waals surface area contributed by atoms with Gasteiger partial charge in [-0.1, -0.05) is 13.3 Å². The molecule has 1 unspecified atom stereocenters. The number of carbonyl (C=O) groups is 1. The average molecular weight is 229 g/mol. The average Bonchev–Trinajstić information content (AvgIpc) is 2.30. The summed E-state index contributed by atoms with van der Waals surface area (Å²) < 4.78 is 5.17. The lowest BCUT2D eigenvalue weighted by atomic mass is 9.95. The Morgan fingerprint density at radius 1 is 1.56 bits per heavy atom. The molecule has 1 saturated heterocycles. The Morgan fingerprint density at radius 3 is 3.06 bits per heavy atom. The molecule has 0 aromatic rings. The van der Waals surface area contributed by atoms with Crippen LogP contribution in [-0.2, 0) is 4.74 Å². The van der Waals surface area contributed by atoms with Crippen LogP contribution >= 0.6 is 0 Å². The lowest BCUT2D eigenvalue weighted by molar-refractivity contribution is 0.0791. The molecule has 4 heteroatoms. The number of rotatable bonds is 5. The van der Waals surface area contributed by atoms with Gasteiger partial charge in [-0.25, -0.2) is 4.79 Å². The second-order valence-corrected chi connectivity index (χ2v) is 4.43. The predicted molar refractivity (Wildman–Crippen MR) is 62.3 cm³/mol. The third kappa shape index (κ3) is 4.39. The first-order chi connectivity index (χ1) is 7.77. The van der Waals surface area contributed by atoms with Gasteiger partial charge in [-0.3, -0.25) is 0 Å². The van der Waals surface area contributed by atoms with Gasteiger partial charge in [0.15, 0.2) is 0 Å². The van der Waals surface area contributed by atoms with Gasteiger partial charge in [0.05, 0.1) is 6.61 Å². The van der Waals surface area contributed by atoms with Crippen LogP contribution in [0.5, 0.6) is 0 Å². The molecule has 1 atom stereocenters. The number of carbonyl (C=O) groups excluding carboxylic acids is 1. The van der Waals surface area contributed by atoms with E-state index in [2.05, 4.69) is 6.92 Å². The molecule has 1 amide bonds. The number of likely N-dealkylation sites (tertiary alicyclic amines) is 1. The minimum Gasteiger partial charge on any atom is -0.449 e. The molecule has 0 aromatic carbocycles. The maximum atomic E-state index is 11.7. The minimum absolute atomic E-state index is 0.184. The van der Waals surface area contributed by atoms with Gasteiger partial charge in [-0.05, 0) is 31.6 Å². The van der Waals surface area contributed by atoms with Gasteiger partial charge in [0.25, 0.3) is 0 Å². The van der Waals surface area contributed by atoms with Crippen LogP contribution < -0.4 is 0 Å². The molecular formula is C12H23NO3. The summed E-state index contributed by atoms with van der Waals surface area (Å²) >= 11 is 0. The number of aliphatic hydroxyl groups excluding tert-OH is 1. The highest BCUT2D eigenvalue weighted by Crippen LogP contribution is 2.19. The zero-order valence-electron chi connectivity index (χ0n) is 10.2. The van der Waals surface area contributed by atoms with E-state index >= 15 is 0 Å². The van der Waals surface area contributed by atoms with Crippen LogP contribution in [0.3, 0.4) is 0 Å². The monoisotopic (exact) mass is 229 g/mol. The van der Waals surface area contributed by atoms with Gasteiger partial charge in [0, 0.05) is 19.7 Å². The van der Waals surface area contributed by atoms with Crippen LogP contribution in [0.15, 0.2) is 0 Å². The van der Waals surface area contributed by atoms with Crippen molar-refractivity contribution in [2.45, 2.75) is 39.0 Å². The van der Waals surface area contributed by atoms with Crippen LogP contribution in [0.2, 0.25) is 0 Å². The quantitative estimate of drug-likeness (QED) is 0.734. The molecule has 1 fully saturated rings. The first kappa shape index (κ1) is 13.3. The number of unbranched alkanes of at least 4 members (excludes halogenated alkanes) is 1. The van der Waals surface area contributed by atoms with Crippen LogP contribution in [0.1, 0.15) is 39.0 Å². The molecule has 16 heavy (non-hydrogen) atoms. The summed E-state index contributed by atoms with van der Waals surface area (Å²) in [5.74, 6) is 0.442. The molecule has 1 N–H and O–H groups in total. The summed E-state index contributed by atoms with van der Waals surface area (Å²) in [6.07, 6.45) is 4.71. The molecule has 0 aromatic heterocycles. The Kier molecular flexibility index (Phi) is 6.23. The van der Waals surface area contributed by atoms with E-state index in [1.165, 1.54) is 0 Å². The molecule has 1 rings (SSSR count). The van der Waals surface area contributed by atoms with Crippen molar-refractivity contribution in [3.63, 3.8) is 0 Å². The maximum absolute atomic E-state index is 11.7. The fraction of sp³-hybridized carbons (Fsp3) is 0.917. The third-order valence-electron chi connectivity index (χ3n) is 3.04. The third-order valence-corrected chi connectivity index (χ3v) is 3.04. The Morgan fingerprint density at radius 2 is 2.38 bits per heavy atom. The highest BCUT2D eigenvalue weighted by molar-refractivity contribution is 5.67. The number of nitrogens with zero attached hydrogens (tertiary/aromatic N) is 1. The second-order valence-electron chi connectivity index (χ2n) is 4.43. The van der Waals surface area contributed by atoms with Crippen LogP contribution in [0, 0.1) is 5.92 Å². The van der Waals surface area contributed by atoms with E-state index in [0.717, 1.165) is 45.2 Å². The molecule has 0 radical (unpaired) electrons. The van der Waals surface area contributed by atoms with Crippen molar-refractivity contribution in [3.05, 3.63) is 0 Å². The van der Waals surface area contributed by atoms with Crippen molar-refractivity contribution < 1.29 is 14.6 Å². The Labute approximate surface area is 97.6 Å². The number of piperidine rings is 1. The van der Waals surface area contributed by atoms with E-state index in [9.17, 15) is 4.79 Å². The summed E-state index contributed by atoms with van der Waals surface area (Å²) in [6.45, 7) is 4.35. The summed E-state index contributed by atoms with van der Waals surface area (Å²) in [4.78, 5) is 13.4. The van der Waals surface area contributed by atoms with Crippen LogP contribution in [0.4, 0.5) is 4.79 Å². The lowest BCUT2D eigenvalue weighted by Gasteiger charge is -2.31. The lowest BCUT2D eigenvalue weighted by Crippen LogP contribution is -2.40. The smallest absolute Gasteiger partial charge is 0.409 e. The van der Waals surface area contributed by atoms with Crippen LogP contribution in [-0.4, -0.2) is 42.4 Å². The Bertz CT molecular complexity index is 206. The molecule has 0 spiro atoms. The van der Waals surface area contributed by atoms with Crippen LogP contribution in [0.25, 0.3) is 0 Å². The minimum atomic E-state index is -0.184. The summed E-state index contributed by atoms with van der Waals surface area (Å²) in [6, 6.07) is 0. The summed E-state index contributed by atoms with van der Waals surface area (Å²) in [5, 5.41) is 8.88.